The second-order valence-corrected chi connectivity index (χ2v) is 9.47. The molecule has 2 heterocycles. The predicted octanol–water partition coefficient (Wildman–Crippen LogP) is 4.25. The van der Waals surface area contributed by atoms with Gasteiger partial charge in [0, 0.05) is 24.8 Å². The van der Waals surface area contributed by atoms with Gasteiger partial charge >= 0.3 is 6.18 Å². The van der Waals surface area contributed by atoms with E-state index in [-0.39, 0.29) is 53.8 Å². The molecule has 4 rings (SSSR count). The number of hydrogen-bond donors (Lipinski definition) is 2. The molecule has 2 aliphatic heterocycles. The lowest BCUT2D eigenvalue weighted by atomic mass is 9.94. The maximum Gasteiger partial charge on any atom is 0.416 e. The van der Waals surface area contributed by atoms with Gasteiger partial charge in [0.2, 0.25) is 5.91 Å². The molecule has 2 aromatic rings. The van der Waals surface area contributed by atoms with Crippen molar-refractivity contribution in [2.24, 2.45) is 0 Å². The Bertz CT molecular complexity index is 1200. The maximum atomic E-state index is 13.4. The molecule has 0 radical (unpaired) electrons. The van der Waals surface area contributed by atoms with Gasteiger partial charge in [-0.2, -0.15) is 13.2 Å². The highest BCUT2D eigenvalue weighted by Gasteiger charge is 2.39. The molecule has 1 saturated heterocycles. The molecular weight excluding hydrogens is 503 g/mol. The molecular formula is C27H30F3N3O5. The lowest BCUT2D eigenvalue weighted by Crippen LogP contribution is -2.54. The Morgan fingerprint density at radius 1 is 1.13 bits per heavy atom. The first-order chi connectivity index (χ1) is 18.1. The van der Waals surface area contributed by atoms with Gasteiger partial charge in [-0.1, -0.05) is 13.0 Å². The van der Waals surface area contributed by atoms with Crippen molar-refractivity contribution in [3.63, 3.8) is 0 Å². The number of anilines is 1. The highest BCUT2D eigenvalue weighted by Crippen LogP contribution is 2.33. The number of hydrogen-bond acceptors (Lipinski definition) is 5. The summed E-state index contributed by atoms with van der Waals surface area (Å²) in [6, 6.07) is 8.33. The third-order valence-electron chi connectivity index (χ3n) is 6.71. The standard InChI is InChI=1S/C27H30F3N3O5/c1-3-11-31-24(34)14-19-8-9-21-23(38-19)15-37-22-10-7-18(13-20(22)26(36)33(21)2)32-25(35)16-5-4-6-17(12-16)27(28,29)30/h4-7,10,12-13,19,21,23H,3,8-9,11,14-15H2,1-2H3,(H,31,34)(H,32,35)/t19-,21-,23-/m1/s1. The molecule has 2 aliphatic rings. The third-order valence-corrected chi connectivity index (χ3v) is 6.71. The number of amides is 3. The van der Waals surface area contributed by atoms with Crippen LogP contribution in [-0.4, -0.2) is 61.1 Å². The molecule has 0 aliphatic carbocycles. The van der Waals surface area contributed by atoms with E-state index in [9.17, 15) is 27.6 Å². The van der Waals surface area contributed by atoms with Crippen molar-refractivity contribution in [2.45, 2.75) is 57.0 Å². The van der Waals surface area contributed by atoms with Gasteiger partial charge in [-0.05, 0) is 55.7 Å². The number of nitrogens with zero attached hydrogens (tertiary/aromatic N) is 1. The van der Waals surface area contributed by atoms with E-state index in [1.807, 2.05) is 6.92 Å². The smallest absolute Gasteiger partial charge is 0.416 e. The van der Waals surface area contributed by atoms with E-state index in [0.29, 0.717) is 25.1 Å². The second kappa shape index (κ2) is 11.4. The molecule has 1 fully saturated rings. The summed E-state index contributed by atoms with van der Waals surface area (Å²) in [5.41, 5.74) is -0.631. The average molecular weight is 534 g/mol. The topological polar surface area (TPSA) is 97.0 Å². The SMILES string of the molecule is CCCNC(=O)C[C@H]1CC[C@@H]2[C@@H](COc3ccc(NC(=O)c4cccc(C(F)(F)F)c4)cc3C(=O)N2C)O1. The number of benzene rings is 2. The van der Waals surface area contributed by atoms with Crippen molar-refractivity contribution in [2.75, 3.05) is 25.5 Å². The number of carbonyl (C=O) groups excluding carboxylic acids is 3. The maximum absolute atomic E-state index is 13.4. The van der Waals surface area contributed by atoms with E-state index in [1.165, 1.54) is 24.3 Å². The molecule has 11 heteroatoms. The van der Waals surface area contributed by atoms with Crippen molar-refractivity contribution >= 4 is 23.4 Å². The molecule has 3 atom stereocenters. The Morgan fingerprint density at radius 3 is 2.66 bits per heavy atom. The largest absolute Gasteiger partial charge is 0.490 e. The van der Waals surface area contributed by atoms with Crippen LogP contribution in [0.1, 0.15) is 58.9 Å². The van der Waals surface area contributed by atoms with Crippen LogP contribution in [0.4, 0.5) is 18.9 Å². The molecule has 3 amide bonds. The van der Waals surface area contributed by atoms with Gasteiger partial charge in [0.15, 0.2) is 0 Å². The van der Waals surface area contributed by atoms with E-state index in [1.54, 1.807) is 11.9 Å². The van der Waals surface area contributed by atoms with E-state index < -0.39 is 23.8 Å². The number of likely N-dealkylation sites (N-methyl/N-ethyl adjacent to an activating group) is 1. The molecule has 0 unspecified atom stereocenters. The van der Waals surface area contributed by atoms with E-state index in [2.05, 4.69) is 10.6 Å². The van der Waals surface area contributed by atoms with Gasteiger partial charge in [-0.25, -0.2) is 0 Å². The third kappa shape index (κ3) is 6.27. The van der Waals surface area contributed by atoms with Crippen molar-refractivity contribution < 1.29 is 37.0 Å². The molecule has 0 saturated carbocycles. The van der Waals surface area contributed by atoms with Crippen molar-refractivity contribution in [3.05, 3.63) is 59.2 Å². The average Bonchev–Trinajstić information content (AvgIpc) is 2.89. The normalized spacial score (nSPS) is 21.3. The summed E-state index contributed by atoms with van der Waals surface area (Å²) < 4.78 is 51.1. The number of nitrogens with one attached hydrogen (secondary N) is 2. The molecule has 0 bridgehead atoms. The van der Waals surface area contributed by atoms with Gasteiger partial charge in [0.05, 0.1) is 29.7 Å². The number of halogens is 3. The summed E-state index contributed by atoms with van der Waals surface area (Å²) >= 11 is 0. The number of alkyl halides is 3. The Hall–Kier alpha value is -3.60. The minimum atomic E-state index is -4.57. The van der Waals surface area contributed by atoms with Crippen LogP contribution in [0.15, 0.2) is 42.5 Å². The van der Waals surface area contributed by atoms with E-state index >= 15 is 0 Å². The first kappa shape index (κ1) is 27.4. The van der Waals surface area contributed by atoms with Gasteiger partial charge < -0.3 is 25.0 Å². The molecule has 8 nitrogen and oxygen atoms in total. The molecule has 0 aromatic heterocycles. The van der Waals surface area contributed by atoms with Crippen LogP contribution in [0.2, 0.25) is 0 Å². The highest BCUT2D eigenvalue weighted by molar-refractivity contribution is 6.05. The van der Waals surface area contributed by atoms with Crippen molar-refractivity contribution in [3.8, 4) is 5.75 Å². The molecule has 2 aromatic carbocycles. The summed E-state index contributed by atoms with van der Waals surface area (Å²) in [4.78, 5) is 39.7. The monoisotopic (exact) mass is 533 g/mol. The van der Waals surface area contributed by atoms with Gasteiger partial charge in [0.25, 0.3) is 11.8 Å². The van der Waals surface area contributed by atoms with Gasteiger partial charge in [-0.3, -0.25) is 14.4 Å². The van der Waals surface area contributed by atoms with Crippen LogP contribution in [0.3, 0.4) is 0 Å². The second-order valence-electron chi connectivity index (χ2n) is 9.47. The summed E-state index contributed by atoms with van der Waals surface area (Å²) in [5, 5.41) is 5.40. The zero-order valence-electron chi connectivity index (χ0n) is 21.1. The predicted molar refractivity (Wildman–Crippen MR) is 133 cm³/mol. The number of fused-ring (bicyclic) bond motifs is 2. The fourth-order valence-electron chi connectivity index (χ4n) is 4.69. The van der Waals surface area contributed by atoms with Gasteiger partial charge in [0.1, 0.15) is 18.5 Å². The quantitative estimate of drug-likeness (QED) is 0.579. The Labute approximate surface area is 218 Å². The minimum absolute atomic E-state index is 0.0726. The molecule has 204 valence electrons. The van der Waals surface area contributed by atoms with Crippen LogP contribution in [-0.2, 0) is 15.7 Å². The first-order valence-electron chi connectivity index (χ1n) is 12.5. The summed E-state index contributed by atoms with van der Waals surface area (Å²) in [5.74, 6) is -0.855. The zero-order chi connectivity index (χ0) is 27.4. The van der Waals surface area contributed by atoms with Crippen molar-refractivity contribution in [1.82, 2.24) is 10.2 Å². The summed E-state index contributed by atoms with van der Waals surface area (Å²) in [7, 11) is 1.67. The molecule has 38 heavy (non-hydrogen) atoms. The summed E-state index contributed by atoms with van der Waals surface area (Å²) in [6.45, 7) is 2.75. The lowest BCUT2D eigenvalue weighted by molar-refractivity contribution is -0.137. The Balaban J connectivity index is 1.47. The first-order valence-corrected chi connectivity index (χ1v) is 12.5. The molecule has 0 spiro atoms. The lowest BCUT2D eigenvalue weighted by Gasteiger charge is -2.42. The van der Waals surface area contributed by atoms with Crippen LogP contribution in [0, 0.1) is 0 Å². The van der Waals surface area contributed by atoms with Crippen molar-refractivity contribution in [1.29, 1.82) is 0 Å². The zero-order valence-corrected chi connectivity index (χ0v) is 21.1. The Kier molecular flexibility index (Phi) is 8.25. The fraction of sp³-hybridized carbons (Fsp3) is 0.444. The molecule has 2 N–H and O–H groups in total. The number of rotatable bonds is 6. The fourth-order valence-corrected chi connectivity index (χ4v) is 4.69. The van der Waals surface area contributed by atoms with Crippen LogP contribution in [0.5, 0.6) is 5.75 Å². The van der Waals surface area contributed by atoms with E-state index in [4.69, 9.17) is 9.47 Å². The van der Waals surface area contributed by atoms with Crippen LogP contribution >= 0.6 is 0 Å². The highest BCUT2D eigenvalue weighted by atomic mass is 19.4. The summed E-state index contributed by atoms with van der Waals surface area (Å²) in [6.07, 6.45) is -2.94. The van der Waals surface area contributed by atoms with Crippen LogP contribution < -0.4 is 15.4 Å². The van der Waals surface area contributed by atoms with Gasteiger partial charge in [-0.15, -0.1) is 0 Å². The Morgan fingerprint density at radius 2 is 1.92 bits per heavy atom. The van der Waals surface area contributed by atoms with E-state index in [0.717, 1.165) is 24.6 Å². The number of carbonyl (C=O) groups is 3. The number of ether oxygens (including phenoxy) is 2. The van der Waals surface area contributed by atoms with Crippen LogP contribution in [0.25, 0.3) is 0 Å². The minimum Gasteiger partial charge on any atom is -0.490 e.